The third-order valence-corrected chi connectivity index (χ3v) is 4.63. The summed E-state index contributed by atoms with van der Waals surface area (Å²) in [5.74, 6) is 1.55. The van der Waals surface area contributed by atoms with Crippen molar-refractivity contribution in [2.24, 2.45) is 5.92 Å². The second-order valence-corrected chi connectivity index (χ2v) is 6.72. The molecule has 0 bridgehead atoms. The predicted octanol–water partition coefficient (Wildman–Crippen LogP) is 4.05. The van der Waals surface area contributed by atoms with E-state index in [4.69, 9.17) is 4.74 Å². The number of halogens is 1. The second kappa shape index (κ2) is 8.76. The zero-order chi connectivity index (χ0) is 15.1. The predicted molar refractivity (Wildman–Crippen MR) is 89.7 cm³/mol. The lowest BCUT2D eigenvalue weighted by Crippen LogP contribution is -2.28. The Hall–Kier alpha value is -0.580. The molecule has 21 heavy (non-hydrogen) atoms. The first kappa shape index (κ1) is 16.8. The van der Waals surface area contributed by atoms with Crippen molar-refractivity contribution in [3.8, 4) is 5.75 Å². The monoisotopic (exact) mass is 355 g/mol. The van der Waals surface area contributed by atoms with Crippen molar-refractivity contribution in [3.63, 3.8) is 0 Å². The van der Waals surface area contributed by atoms with Crippen LogP contribution in [-0.2, 0) is 0 Å². The summed E-state index contributed by atoms with van der Waals surface area (Å²) in [6.07, 6.45) is 5.40. The fraction of sp³-hybridized carbons (Fsp3) is 0.647. The molecule has 4 heteroatoms. The Morgan fingerprint density at radius 3 is 3.05 bits per heavy atom. The average Bonchev–Trinajstić information content (AvgIpc) is 2.67. The van der Waals surface area contributed by atoms with Gasteiger partial charge in [0.2, 0.25) is 0 Å². The zero-order valence-electron chi connectivity index (χ0n) is 12.8. The van der Waals surface area contributed by atoms with Crippen LogP contribution in [0.15, 0.2) is 22.7 Å². The van der Waals surface area contributed by atoms with Crippen LogP contribution in [0, 0.1) is 5.92 Å². The van der Waals surface area contributed by atoms with Crippen LogP contribution in [0.2, 0.25) is 0 Å². The lowest BCUT2D eigenvalue weighted by Gasteiger charge is -2.22. The van der Waals surface area contributed by atoms with Crippen molar-refractivity contribution in [3.05, 3.63) is 28.2 Å². The highest BCUT2D eigenvalue weighted by atomic mass is 79.9. The summed E-state index contributed by atoms with van der Waals surface area (Å²) in [6, 6.07) is 6.66. The van der Waals surface area contributed by atoms with Crippen molar-refractivity contribution < 1.29 is 9.84 Å². The first-order valence-electron chi connectivity index (χ1n) is 8.01. The van der Waals surface area contributed by atoms with E-state index in [9.17, 15) is 5.11 Å². The van der Waals surface area contributed by atoms with Gasteiger partial charge in [0.1, 0.15) is 5.75 Å². The zero-order valence-corrected chi connectivity index (χ0v) is 14.4. The standard InChI is InChI=1S/C17H26BrNO2/c1-2-4-13(8-9-20)12-19-16-5-3-10-21-17-11-14(18)6-7-15(16)17/h6-7,11,13,16,19-20H,2-5,8-10,12H2,1H3. The maximum atomic E-state index is 9.18. The highest BCUT2D eigenvalue weighted by Gasteiger charge is 2.20. The Bertz CT molecular complexity index is 433. The van der Waals surface area contributed by atoms with Crippen molar-refractivity contribution in [1.29, 1.82) is 0 Å². The van der Waals surface area contributed by atoms with Gasteiger partial charge < -0.3 is 15.2 Å². The minimum atomic E-state index is 0.281. The fourth-order valence-corrected chi connectivity index (χ4v) is 3.35. The summed E-state index contributed by atoms with van der Waals surface area (Å²) in [4.78, 5) is 0. The smallest absolute Gasteiger partial charge is 0.125 e. The van der Waals surface area contributed by atoms with Crippen LogP contribution in [0.3, 0.4) is 0 Å². The first-order valence-corrected chi connectivity index (χ1v) is 8.80. The molecule has 0 spiro atoms. The number of ether oxygens (including phenoxy) is 1. The van der Waals surface area contributed by atoms with E-state index >= 15 is 0 Å². The topological polar surface area (TPSA) is 41.5 Å². The van der Waals surface area contributed by atoms with E-state index in [0.717, 1.165) is 42.6 Å². The number of benzene rings is 1. The molecule has 0 saturated heterocycles. The van der Waals surface area contributed by atoms with Crippen LogP contribution >= 0.6 is 15.9 Å². The van der Waals surface area contributed by atoms with Gasteiger partial charge in [0.25, 0.3) is 0 Å². The molecule has 1 aromatic carbocycles. The highest BCUT2D eigenvalue weighted by Crippen LogP contribution is 2.33. The molecule has 3 nitrogen and oxygen atoms in total. The van der Waals surface area contributed by atoms with Gasteiger partial charge in [-0.25, -0.2) is 0 Å². The molecule has 1 aliphatic heterocycles. The molecule has 2 unspecified atom stereocenters. The summed E-state index contributed by atoms with van der Waals surface area (Å²) < 4.78 is 6.91. The Labute approximate surface area is 136 Å². The minimum absolute atomic E-state index is 0.281. The molecule has 0 radical (unpaired) electrons. The number of hydrogen-bond acceptors (Lipinski definition) is 3. The maximum absolute atomic E-state index is 9.18. The molecular weight excluding hydrogens is 330 g/mol. The summed E-state index contributed by atoms with van der Waals surface area (Å²) in [5, 5.41) is 12.9. The largest absolute Gasteiger partial charge is 0.493 e. The Balaban J connectivity index is 2.02. The average molecular weight is 356 g/mol. The molecule has 2 atom stereocenters. The van der Waals surface area contributed by atoms with Gasteiger partial charge >= 0.3 is 0 Å². The Morgan fingerprint density at radius 2 is 2.29 bits per heavy atom. The van der Waals surface area contributed by atoms with Crippen LogP contribution in [-0.4, -0.2) is 24.9 Å². The molecule has 0 fully saturated rings. The van der Waals surface area contributed by atoms with Crippen LogP contribution in [0.25, 0.3) is 0 Å². The molecule has 0 aliphatic carbocycles. The summed E-state index contributed by atoms with van der Waals surface area (Å²) in [5.41, 5.74) is 1.26. The molecule has 1 aliphatic rings. The van der Waals surface area contributed by atoms with Crippen molar-refractivity contribution in [1.82, 2.24) is 5.32 Å². The van der Waals surface area contributed by atoms with E-state index in [1.807, 2.05) is 0 Å². The SMILES string of the molecule is CCCC(CCO)CNC1CCCOc2cc(Br)ccc21. The van der Waals surface area contributed by atoms with Gasteiger partial charge in [-0.3, -0.25) is 0 Å². The van der Waals surface area contributed by atoms with Crippen LogP contribution in [0.4, 0.5) is 0 Å². The van der Waals surface area contributed by atoms with Gasteiger partial charge in [0, 0.05) is 22.7 Å². The summed E-state index contributed by atoms with van der Waals surface area (Å²) >= 11 is 3.51. The molecule has 0 saturated carbocycles. The molecule has 2 N–H and O–H groups in total. The number of hydrogen-bond donors (Lipinski definition) is 2. The van der Waals surface area contributed by atoms with E-state index < -0.39 is 0 Å². The number of fused-ring (bicyclic) bond motifs is 1. The third kappa shape index (κ3) is 4.97. The molecule has 118 valence electrons. The molecule has 1 aromatic rings. The van der Waals surface area contributed by atoms with Crippen LogP contribution in [0.5, 0.6) is 5.75 Å². The van der Waals surface area contributed by atoms with Crippen molar-refractivity contribution >= 4 is 15.9 Å². The van der Waals surface area contributed by atoms with Gasteiger partial charge in [0.05, 0.1) is 6.61 Å². The summed E-state index contributed by atoms with van der Waals surface area (Å²) in [7, 11) is 0. The van der Waals surface area contributed by atoms with Crippen molar-refractivity contribution in [2.45, 2.75) is 45.1 Å². The van der Waals surface area contributed by atoms with Crippen LogP contribution < -0.4 is 10.1 Å². The van der Waals surface area contributed by atoms with E-state index in [-0.39, 0.29) is 6.61 Å². The third-order valence-electron chi connectivity index (χ3n) is 4.13. The van der Waals surface area contributed by atoms with Gasteiger partial charge in [0.15, 0.2) is 0 Å². The fourth-order valence-electron chi connectivity index (χ4n) is 3.01. The van der Waals surface area contributed by atoms with Gasteiger partial charge in [-0.1, -0.05) is 35.3 Å². The number of nitrogens with one attached hydrogen (secondary N) is 1. The van der Waals surface area contributed by atoms with Gasteiger partial charge in [-0.2, -0.15) is 0 Å². The number of rotatable bonds is 7. The number of aliphatic hydroxyl groups is 1. The summed E-state index contributed by atoms with van der Waals surface area (Å²) in [6.45, 7) is 4.24. The minimum Gasteiger partial charge on any atom is -0.493 e. The van der Waals surface area contributed by atoms with E-state index in [1.165, 1.54) is 18.4 Å². The lowest BCUT2D eigenvalue weighted by atomic mass is 9.97. The normalized spacial score (nSPS) is 19.5. The Kier molecular flexibility index (Phi) is 7.00. The highest BCUT2D eigenvalue weighted by molar-refractivity contribution is 9.10. The molecule has 0 aromatic heterocycles. The second-order valence-electron chi connectivity index (χ2n) is 5.80. The van der Waals surface area contributed by atoms with Gasteiger partial charge in [-0.05, 0) is 50.3 Å². The van der Waals surface area contributed by atoms with E-state index in [1.54, 1.807) is 0 Å². The van der Waals surface area contributed by atoms with Crippen molar-refractivity contribution in [2.75, 3.05) is 19.8 Å². The molecular formula is C17H26BrNO2. The molecule has 2 rings (SSSR count). The number of aliphatic hydroxyl groups excluding tert-OH is 1. The maximum Gasteiger partial charge on any atom is 0.125 e. The molecule has 1 heterocycles. The van der Waals surface area contributed by atoms with E-state index in [2.05, 4.69) is 46.4 Å². The van der Waals surface area contributed by atoms with Gasteiger partial charge in [-0.15, -0.1) is 0 Å². The quantitative estimate of drug-likeness (QED) is 0.774. The first-order chi connectivity index (χ1) is 10.2. The Morgan fingerprint density at radius 1 is 1.43 bits per heavy atom. The van der Waals surface area contributed by atoms with E-state index in [0.29, 0.717) is 12.0 Å². The van der Waals surface area contributed by atoms with Crippen LogP contribution in [0.1, 0.15) is 50.6 Å². The lowest BCUT2D eigenvalue weighted by molar-refractivity contribution is 0.244. The molecule has 0 amide bonds.